The zero-order valence-electron chi connectivity index (χ0n) is 16.7. The Bertz CT molecular complexity index is 946. The van der Waals surface area contributed by atoms with Crippen molar-refractivity contribution in [2.45, 2.75) is 64.8 Å². The molecule has 29 heavy (non-hydrogen) atoms. The number of nitrogens with zero attached hydrogens (tertiary/aromatic N) is 5. The number of carbonyl (C=O) groups excluding carboxylic acids is 1. The van der Waals surface area contributed by atoms with Crippen LogP contribution in [0.15, 0.2) is 30.9 Å². The van der Waals surface area contributed by atoms with Gasteiger partial charge in [0, 0.05) is 18.6 Å². The highest BCUT2D eigenvalue weighted by molar-refractivity contribution is 6.08. The molecule has 0 bridgehead atoms. The van der Waals surface area contributed by atoms with E-state index in [0.717, 1.165) is 32.1 Å². The van der Waals surface area contributed by atoms with Crippen molar-refractivity contribution in [3.63, 3.8) is 0 Å². The zero-order chi connectivity index (χ0) is 20.8. The van der Waals surface area contributed by atoms with Crippen molar-refractivity contribution in [3.05, 3.63) is 42.1 Å². The second-order valence-corrected chi connectivity index (χ2v) is 7.11. The highest BCUT2D eigenvalue weighted by Gasteiger charge is 2.25. The van der Waals surface area contributed by atoms with Crippen LogP contribution in [-0.2, 0) is 0 Å². The number of carbonyl (C=O) groups is 1. The van der Waals surface area contributed by atoms with Crippen molar-refractivity contribution in [1.29, 1.82) is 0 Å². The molecular formula is C20H26F2N6O. The molecule has 1 fully saturated rings. The first-order valence-electron chi connectivity index (χ1n) is 10.0. The average Bonchev–Trinajstić information content (AvgIpc) is 3.34. The third-order valence-electron chi connectivity index (χ3n) is 4.69. The van der Waals surface area contributed by atoms with Crippen LogP contribution in [0.1, 0.15) is 80.9 Å². The summed E-state index contributed by atoms with van der Waals surface area (Å²) in [6.45, 7) is 4.25. The second-order valence-electron chi connectivity index (χ2n) is 7.11. The number of hydrogen-bond acceptors (Lipinski definition) is 4. The van der Waals surface area contributed by atoms with Crippen LogP contribution in [-0.4, -0.2) is 30.3 Å². The Hall–Kier alpha value is -2.84. The molecule has 3 aromatic rings. The third kappa shape index (κ3) is 4.78. The van der Waals surface area contributed by atoms with Gasteiger partial charge in [-0.3, -0.25) is 9.48 Å². The van der Waals surface area contributed by atoms with Gasteiger partial charge in [0.25, 0.3) is 12.3 Å². The molecule has 3 heterocycles. The van der Waals surface area contributed by atoms with E-state index in [-0.39, 0.29) is 17.3 Å². The third-order valence-corrected chi connectivity index (χ3v) is 4.69. The Labute approximate surface area is 168 Å². The summed E-state index contributed by atoms with van der Waals surface area (Å²) >= 11 is 0. The SMILES string of the molecule is CCC.O=C(Nc1cn(C2CCCCC2)nc1C(F)F)c1cnn2cccnc12. The largest absolute Gasteiger partial charge is 0.319 e. The fraction of sp³-hybridized carbons (Fsp3) is 0.500. The quantitative estimate of drug-likeness (QED) is 0.661. The minimum absolute atomic E-state index is 0.0332. The van der Waals surface area contributed by atoms with Crippen molar-refractivity contribution in [3.8, 4) is 0 Å². The summed E-state index contributed by atoms with van der Waals surface area (Å²) in [5, 5.41) is 10.6. The summed E-state index contributed by atoms with van der Waals surface area (Å²) in [5.41, 5.74) is 0.207. The molecule has 1 N–H and O–H groups in total. The van der Waals surface area contributed by atoms with E-state index in [1.807, 2.05) is 0 Å². The van der Waals surface area contributed by atoms with Gasteiger partial charge in [0.15, 0.2) is 11.3 Å². The van der Waals surface area contributed by atoms with Gasteiger partial charge >= 0.3 is 0 Å². The number of alkyl halides is 2. The topological polar surface area (TPSA) is 77.1 Å². The van der Waals surface area contributed by atoms with Crippen LogP contribution in [0.3, 0.4) is 0 Å². The Kier molecular flexibility index (Phi) is 6.90. The van der Waals surface area contributed by atoms with Gasteiger partial charge in [-0.1, -0.05) is 39.5 Å². The van der Waals surface area contributed by atoms with Crippen LogP contribution in [0, 0.1) is 0 Å². The zero-order valence-corrected chi connectivity index (χ0v) is 16.7. The fourth-order valence-corrected chi connectivity index (χ4v) is 3.37. The minimum Gasteiger partial charge on any atom is -0.319 e. The standard InChI is InChI=1S/C17H18F2N6O.C3H8/c18-15(19)14-13(10-25(23-14)11-5-2-1-3-6-11)22-17(26)12-9-21-24-8-4-7-20-16(12)24;1-3-2/h4,7-11,15H,1-3,5-6H2,(H,22,26);3H2,1-2H3. The molecule has 0 unspecified atom stereocenters. The molecule has 3 aromatic heterocycles. The molecule has 0 aromatic carbocycles. The van der Waals surface area contributed by atoms with Crippen LogP contribution in [0.5, 0.6) is 0 Å². The molecule has 0 radical (unpaired) electrons. The average molecular weight is 404 g/mol. The van der Waals surface area contributed by atoms with E-state index in [9.17, 15) is 13.6 Å². The first kappa shape index (κ1) is 20.9. The highest BCUT2D eigenvalue weighted by atomic mass is 19.3. The molecule has 1 aliphatic carbocycles. The molecule has 0 spiro atoms. The molecule has 9 heteroatoms. The molecule has 1 saturated carbocycles. The lowest BCUT2D eigenvalue weighted by molar-refractivity contribution is 0.102. The number of halogens is 2. The van der Waals surface area contributed by atoms with Gasteiger partial charge in [0.1, 0.15) is 5.56 Å². The lowest BCUT2D eigenvalue weighted by Gasteiger charge is -2.21. The van der Waals surface area contributed by atoms with Gasteiger partial charge in [-0.2, -0.15) is 10.2 Å². The van der Waals surface area contributed by atoms with Crippen LogP contribution >= 0.6 is 0 Å². The minimum atomic E-state index is -2.77. The molecule has 4 rings (SSSR count). The maximum absolute atomic E-state index is 13.4. The van der Waals surface area contributed by atoms with E-state index in [0.29, 0.717) is 5.65 Å². The summed E-state index contributed by atoms with van der Waals surface area (Å²) in [5.74, 6) is -0.538. The van der Waals surface area contributed by atoms with Gasteiger partial charge in [-0.25, -0.2) is 18.3 Å². The summed E-state index contributed by atoms with van der Waals surface area (Å²) < 4.78 is 29.8. The second kappa shape index (κ2) is 9.58. The lowest BCUT2D eigenvalue weighted by atomic mass is 9.96. The predicted molar refractivity (Wildman–Crippen MR) is 106 cm³/mol. The predicted octanol–water partition coefficient (Wildman–Crippen LogP) is 5.04. The Morgan fingerprint density at radius 1 is 1.28 bits per heavy atom. The van der Waals surface area contributed by atoms with E-state index in [4.69, 9.17) is 0 Å². The first-order valence-corrected chi connectivity index (χ1v) is 10.0. The number of hydrogen-bond donors (Lipinski definition) is 1. The van der Waals surface area contributed by atoms with Crippen LogP contribution in [0.4, 0.5) is 14.5 Å². The molecule has 156 valence electrons. The van der Waals surface area contributed by atoms with Gasteiger partial charge < -0.3 is 5.32 Å². The van der Waals surface area contributed by atoms with Crippen LogP contribution < -0.4 is 5.32 Å². The summed E-state index contributed by atoms with van der Waals surface area (Å²) in [6.07, 6.45) is 9.66. The van der Waals surface area contributed by atoms with Crippen molar-refractivity contribution in [2.75, 3.05) is 5.32 Å². The molecule has 7 nitrogen and oxygen atoms in total. The van der Waals surface area contributed by atoms with E-state index >= 15 is 0 Å². The molecule has 0 saturated heterocycles. The summed E-state index contributed by atoms with van der Waals surface area (Å²) in [4.78, 5) is 16.7. The summed E-state index contributed by atoms with van der Waals surface area (Å²) in [7, 11) is 0. The molecule has 1 amide bonds. The highest BCUT2D eigenvalue weighted by Crippen LogP contribution is 2.32. The number of anilines is 1. The van der Waals surface area contributed by atoms with E-state index in [2.05, 4.69) is 34.3 Å². The normalized spacial score (nSPS) is 14.7. The van der Waals surface area contributed by atoms with Crippen molar-refractivity contribution >= 4 is 17.2 Å². The van der Waals surface area contributed by atoms with Gasteiger partial charge in [-0.05, 0) is 18.9 Å². The Morgan fingerprint density at radius 2 is 2.00 bits per heavy atom. The fourth-order valence-electron chi connectivity index (χ4n) is 3.37. The molecule has 0 aliphatic heterocycles. The van der Waals surface area contributed by atoms with Crippen molar-refractivity contribution in [1.82, 2.24) is 24.4 Å². The van der Waals surface area contributed by atoms with E-state index < -0.39 is 18.0 Å². The number of rotatable bonds is 4. The Morgan fingerprint density at radius 3 is 2.69 bits per heavy atom. The smallest absolute Gasteiger partial charge is 0.284 e. The first-order chi connectivity index (χ1) is 14.0. The molecule has 1 aliphatic rings. The number of amides is 1. The van der Waals surface area contributed by atoms with Crippen molar-refractivity contribution < 1.29 is 13.6 Å². The maximum atomic E-state index is 13.4. The van der Waals surface area contributed by atoms with Crippen LogP contribution in [0.2, 0.25) is 0 Å². The molecular weight excluding hydrogens is 378 g/mol. The lowest BCUT2D eigenvalue weighted by Crippen LogP contribution is -2.13. The van der Waals surface area contributed by atoms with Crippen LogP contribution in [0.25, 0.3) is 5.65 Å². The van der Waals surface area contributed by atoms with Crippen molar-refractivity contribution in [2.24, 2.45) is 0 Å². The van der Waals surface area contributed by atoms with E-state index in [1.165, 1.54) is 23.3 Å². The Balaban J connectivity index is 0.000000755. The summed E-state index contributed by atoms with van der Waals surface area (Å²) in [6, 6.07) is 1.79. The van der Waals surface area contributed by atoms with Gasteiger partial charge in [0.2, 0.25) is 0 Å². The maximum Gasteiger partial charge on any atom is 0.284 e. The monoisotopic (exact) mass is 404 g/mol. The number of fused-ring (bicyclic) bond motifs is 1. The number of nitrogens with one attached hydrogen (secondary N) is 1. The number of aromatic nitrogens is 5. The van der Waals surface area contributed by atoms with E-state index in [1.54, 1.807) is 23.1 Å². The van der Waals surface area contributed by atoms with Gasteiger partial charge in [-0.15, -0.1) is 0 Å². The van der Waals surface area contributed by atoms with Gasteiger partial charge in [0.05, 0.1) is 17.9 Å². The molecule has 0 atom stereocenters.